The van der Waals surface area contributed by atoms with Crippen molar-refractivity contribution in [1.82, 2.24) is 10.3 Å². The summed E-state index contributed by atoms with van der Waals surface area (Å²) < 4.78 is 0. The molecule has 4 nitrogen and oxygen atoms in total. The molecule has 2 N–H and O–H groups in total. The van der Waals surface area contributed by atoms with Crippen LogP contribution >= 0.6 is 23.2 Å². The van der Waals surface area contributed by atoms with E-state index in [1.807, 2.05) is 12.3 Å². The molecule has 0 saturated carbocycles. The minimum atomic E-state index is -0.316. The number of hydrogen-bond donors (Lipinski definition) is 2. The van der Waals surface area contributed by atoms with E-state index in [1.54, 1.807) is 6.07 Å². The Labute approximate surface area is 119 Å². The molecule has 1 aromatic heterocycles. The van der Waals surface area contributed by atoms with Crippen LogP contribution in [0.1, 0.15) is 12.0 Å². The lowest BCUT2D eigenvalue weighted by molar-refractivity contribution is -0.125. The maximum Gasteiger partial charge on any atom is 0.230 e. The molecule has 0 radical (unpaired) electrons. The van der Waals surface area contributed by atoms with E-state index in [2.05, 4.69) is 10.3 Å². The highest BCUT2D eigenvalue weighted by Gasteiger charge is 2.31. The normalized spacial score (nSPS) is 19.2. The Morgan fingerprint density at radius 3 is 2.74 bits per heavy atom. The largest absolute Gasteiger partial charge is 0.360 e. The van der Waals surface area contributed by atoms with Gasteiger partial charge in [-0.2, -0.15) is 0 Å². The van der Waals surface area contributed by atoms with Gasteiger partial charge in [0, 0.05) is 23.0 Å². The monoisotopic (exact) mass is 296 g/mol. The first kappa shape index (κ1) is 12.5. The van der Waals surface area contributed by atoms with Crippen LogP contribution in [0.15, 0.2) is 18.3 Å². The van der Waals surface area contributed by atoms with Crippen LogP contribution in [0.3, 0.4) is 0 Å². The van der Waals surface area contributed by atoms with Crippen LogP contribution in [-0.2, 0) is 16.0 Å². The number of H-pyrrole nitrogens is 1. The summed E-state index contributed by atoms with van der Waals surface area (Å²) in [5.41, 5.74) is 1.74. The van der Waals surface area contributed by atoms with Gasteiger partial charge in [0.1, 0.15) is 0 Å². The first-order valence-electron chi connectivity index (χ1n) is 5.83. The van der Waals surface area contributed by atoms with Crippen molar-refractivity contribution in [3.05, 3.63) is 33.9 Å². The van der Waals surface area contributed by atoms with Gasteiger partial charge in [-0.15, -0.1) is 0 Å². The number of nitrogens with one attached hydrogen (secondary N) is 2. The van der Waals surface area contributed by atoms with Gasteiger partial charge in [0.25, 0.3) is 0 Å². The first-order valence-corrected chi connectivity index (χ1v) is 6.59. The number of benzene rings is 1. The van der Waals surface area contributed by atoms with Crippen molar-refractivity contribution in [2.45, 2.75) is 12.8 Å². The van der Waals surface area contributed by atoms with E-state index < -0.39 is 0 Å². The summed E-state index contributed by atoms with van der Waals surface area (Å²) in [6.07, 6.45) is 2.54. The fourth-order valence-corrected chi connectivity index (χ4v) is 2.96. The molecular formula is C13H10Cl2N2O2. The van der Waals surface area contributed by atoms with Gasteiger partial charge in [-0.25, -0.2) is 0 Å². The molecule has 1 aliphatic rings. The molecule has 0 spiro atoms. The Balaban J connectivity index is 1.98. The van der Waals surface area contributed by atoms with Crippen molar-refractivity contribution in [3.8, 4) is 0 Å². The number of imide groups is 1. The second-order valence-electron chi connectivity index (χ2n) is 4.64. The molecule has 2 amide bonds. The topological polar surface area (TPSA) is 62.0 Å². The molecule has 19 heavy (non-hydrogen) atoms. The van der Waals surface area contributed by atoms with E-state index in [4.69, 9.17) is 23.2 Å². The summed E-state index contributed by atoms with van der Waals surface area (Å²) >= 11 is 12.1. The average Bonchev–Trinajstić information content (AvgIpc) is 2.84. The van der Waals surface area contributed by atoms with E-state index in [0.717, 1.165) is 16.5 Å². The lowest BCUT2D eigenvalue weighted by Crippen LogP contribution is -2.22. The standard InChI is InChI=1S/C13H10Cl2N2O2/c14-8-3-9-7(5-16-12(9)10(15)4-8)1-6-2-11(18)17-13(6)19/h3-6,16H,1-2H2,(H,17,18,19)/t6-/m0/s1. The van der Waals surface area contributed by atoms with E-state index in [0.29, 0.717) is 16.5 Å². The third-order valence-electron chi connectivity index (χ3n) is 3.32. The number of carbonyl (C=O) groups excluding carboxylic acids is 2. The van der Waals surface area contributed by atoms with Crippen LogP contribution < -0.4 is 5.32 Å². The lowest BCUT2D eigenvalue weighted by Gasteiger charge is -2.05. The highest BCUT2D eigenvalue weighted by molar-refractivity contribution is 6.38. The van der Waals surface area contributed by atoms with Gasteiger partial charge in [-0.1, -0.05) is 23.2 Å². The molecule has 0 aliphatic carbocycles. The maximum atomic E-state index is 11.6. The zero-order valence-electron chi connectivity index (χ0n) is 9.80. The number of aromatic nitrogens is 1. The molecule has 0 bridgehead atoms. The fraction of sp³-hybridized carbons (Fsp3) is 0.231. The van der Waals surface area contributed by atoms with Crippen molar-refractivity contribution in [3.63, 3.8) is 0 Å². The summed E-state index contributed by atoms with van der Waals surface area (Å²) in [5.74, 6) is -0.748. The molecular weight excluding hydrogens is 287 g/mol. The van der Waals surface area contributed by atoms with E-state index in [-0.39, 0.29) is 24.2 Å². The van der Waals surface area contributed by atoms with Crippen molar-refractivity contribution >= 4 is 45.9 Å². The molecule has 3 rings (SSSR count). The third kappa shape index (κ3) is 2.22. The van der Waals surface area contributed by atoms with Gasteiger partial charge in [0.15, 0.2) is 0 Å². The highest BCUT2D eigenvalue weighted by Crippen LogP contribution is 2.31. The molecule has 1 saturated heterocycles. The highest BCUT2D eigenvalue weighted by atomic mass is 35.5. The number of aromatic amines is 1. The number of rotatable bonds is 2. The minimum Gasteiger partial charge on any atom is -0.360 e. The molecule has 1 fully saturated rings. The Kier molecular flexibility index (Phi) is 2.99. The molecule has 6 heteroatoms. The zero-order valence-corrected chi connectivity index (χ0v) is 11.3. The fourth-order valence-electron chi connectivity index (χ4n) is 2.42. The Bertz CT molecular complexity index is 693. The number of hydrogen-bond acceptors (Lipinski definition) is 2. The van der Waals surface area contributed by atoms with E-state index in [1.165, 1.54) is 0 Å². The number of halogens is 2. The number of fused-ring (bicyclic) bond motifs is 1. The van der Waals surface area contributed by atoms with Crippen LogP contribution in [-0.4, -0.2) is 16.8 Å². The first-order chi connectivity index (χ1) is 9.04. The van der Waals surface area contributed by atoms with Crippen LogP contribution in [0.4, 0.5) is 0 Å². The average molecular weight is 297 g/mol. The number of amides is 2. The Morgan fingerprint density at radius 1 is 1.26 bits per heavy atom. The van der Waals surface area contributed by atoms with E-state index >= 15 is 0 Å². The van der Waals surface area contributed by atoms with Gasteiger partial charge in [-0.05, 0) is 24.1 Å². The summed E-state index contributed by atoms with van der Waals surface area (Å²) in [5, 5.41) is 4.29. The maximum absolute atomic E-state index is 11.6. The van der Waals surface area contributed by atoms with Crippen LogP contribution in [0.25, 0.3) is 10.9 Å². The second kappa shape index (κ2) is 4.54. The SMILES string of the molecule is O=C1C[C@H](Cc2c[nH]c3c(Cl)cc(Cl)cc23)C(=O)N1. The van der Waals surface area contributed by atoms with E-state index in [9.17, 15) is 9.59 Å². The molecule has 2 aromatic rings. The number of carbonyl (C=O) groups is 2. The predicted molar refractivity (Wildman–Crippen MR) is 73.3 cm³/mol. The third-order valence-corrected chi connectivity index (χ3v) is 3.84. The smallest absolute Gasteiger partial charge is 0.230 e. The van der Waals surface area contributed by atoms with Crippen molar-refractivity contribution in [2.75, 3.05) is 0 Å². The Morgan fingerprint density at radius 2 is 2.05 bits per heavy atom. The summed E-state index contributed by atoms with van der Waals surface area (Å²) in [6.45, 7) is 0. The van der Waals surface area contributed by atoms with Gasteiger partial charge >= 0.3 is 0 Å². The van der Waals surface area contributed by atoms with Gasteiger partial charge in [0.2, 0.25) is 11.8 Å². The molecule has 98 valence electrons. The van der Waals surface area contributed by atoms with Crippen LogP contribution in [0, 0.1) is 5.92 Å². The Hall–Kier alpha value is -1.52. The quantitative estimate of drug-likeness (QED) is 0.837. The molecule has 1 aromatic carbocycles. The van der Waals surface area contributed by atoms with Gasteiger partial charge in [-0.3, -0.25) is 14.9 Å². The van der Waals surface area contributed by atoms with Crippen molar-refractivity contribution < 1.29 is 9.59 Å². The molecule has 1 atom stereocenters. The van der Waals surface area contributed by atoms with Crippen molar-refractivity contribution in [2.24, 2.45) is 5.92 Å². The van der Waals surface area contributed by atoms with Crippen molar-refractivity contribution in [1.29, 1.82) is 0 Å². The van der Waals surface area contributed by atoms with Crippen LogP contribution in [0.5, 0.6) is 0 Å². The van der Waals surface area contributed by atoms with Gasteiger partial charge < -0.3 is 4.98 Å². The lowest BCUT2D eigenvalue weighted by atomic mass is 9.97. The summed E-state index contributed by atoms with van der Waals surface area (Å²) in [4.78, 5) is 25.8. The predicted octanol–water partition coefficient (Wildman–Crippen LogP) is 2.68. The molecule has 1 aliphatic heterocycles. The summed E-state index contributed by atoms with van der Waals surface area (Å²) in [6, 6.07) is 3.47. The molecule has 0 unspecified atom stereocenters. The minimum absolute atomic E-state index is 0.215. The van der Waals surface area contributed by atoms with Crippen LogP contribution in [0.2, 0.25) is 10.0 Å². The second-order valence-corrected chi connectivity index (χ2v) is 5.49. The zero-order chi connectivity index (χ0) is 13.6. The van der Waals surface area contributed by atoms with Gasteiger partial charge in [0.05, 0.1) is 16.5 Å². The summed E-state index contributed by atoms with van der Waals surface area (Å²) in [7, 11) is 0. The molecule has 2 heterocycles.